The predicted octanol–water partition coefficient (Wildman–Crippen LogP) is 3.22. The second-order valence-corrected chi connectivity index (χ2v) is 7.49. The molecule has 0 heterocycles. The van der Waals surface area contributed by atoms with Gasteiger partial charge in [-0.25, -0.2) is 13.2 Å². The topological polar surface area (TPSA) is 69.7 Å². The monoisotopic (exact) mass is 398 g/mol. The van der Waals surface area contributed by atoms with E-state index in [0.717, 1.165) is 0 Å². The smallest absolute Gasteiger partial charge is 0.341 e. The Bertz CT molecular complexity index is 830. The van der Waals surface area contributed by atoms with Crippen LogP contribution in [0.25, 0.3) is 0 Å². The van der Waals surface area contributed by atoms with Crippen molar-refractivity contribution in [3.63, 3.8) is 0 Å². The molecule has 23 heavy (non-hydrogen) atoms. The number of benzene rings is 2. The van der Waals surface area contributed by atoms with Crippen LogP contribution < -0.4 is 4.74 Å². The molecule has 0 fully saturated rings. The number of hydrogen-bond acceptors (Lipinski definition) is 5. The molecule has 0 atom stereocenters. The Morgan fingerprint density at radius 3 is 2.39 bits per heavy atom. The molecule has 0 saturated carbocycles. The number of carbonyl (C=O) groups is 1. The zero-order chi connectivity index (χ0) is 17.0. The van der Waals surface area contributed by atoms with Crippen LogP contribution in [0.1, 0.15) is 15.9 Å². The second kappa shape index (κ2) is 7.14. The normalized spacial score (nSPS) is 11.1. The summed E-state index contributed by atoms with van der Waals surface area (Å²) in [4.78, 5) is 12.0. The van der Waals surface area contributed by atoms with Crippen LogP contribution in [0, 0.1) is 0 Å². The summed E-state index contributed by atoms with van der Waals surface area (Å²) < 4.78 is 35.7. The van der Waals surface area contributed by atoms with Gasteiger partial charge in [0.1, 0.15) is 11.3 Å². The van der Waals surface area contributed by atoms with Crippen molar-refractivity contribution in [2.45, 2.75) is 10.6 Å². The molecule has 0 N–H and O–H groups in total. The summed E-state index contributed by atoms with van der Waals surface area (Å²) in [5.74, 6) is -0.666. The Morgan fingerprint density at radius 2 is 1.78 bits per heavy atom. The summed E-state index contributed by atoms with van der Waals surface area (Å²) in [6.07, 6.45) is 0. The molecule has 0 unspecified atom stereocenters. The average Bonchev–Trinajstić information content (AvgIpc) is 2.53. The van der Waals surface area contributed by atoms with Crippen LogP contribution in [0.4, 0.5) is 0 Å². The van der Waals surface area contributed by atoms with Crippen LogP contribution in [0.15, 0.2) is 51.8 Å². The van der Waals surface area contributed by atoms with E-state index in [1.165, 1.54) is 26.4 Å². The third-order valence-corrected chi connectivity index (χ3v) is 5.89. The van der Waals surface area contributed by atoms with Gasteiger partial charge in [0.2, 0.25) is 0 Å². The van der Waals surface area contributed by atoms with Gasteiger partial charge in [0.15, 0.2) is 9.84 Å². The highest BCUT2D eigenvalue weighted by molar-refractivity contribution is 9.10. The number of rotatable bonds is 5. The number of methoxy groups -OCH3 is 2. The van der Waals surface area contributed by atoms with Crippen molar-refractivity contribution in [1.29, 1.82) is 0 Å². The molecule has 0 aliphatic carbocycles. The lowest BCUT2D eigenvalue weighted by molar-refractivity contribution is 0.0597. The number of halogens is 1. The Morgan fingerprint density at radius 1 is 1.09 bits per heavy atom. The fourth-order valence-corrected chi connectivity index (χ4v) is 4.66. The van der Waals surface area contributed by atoms with E-state index in [9.17, 15) is 13.2 Å². The van der Waals surface area contributed by atoms with E-state index in [4.69, 9.17) is 9.47 Å². The van der Waals surface area contributed by atoms with Gasteiger partial charge in [-0.15, -0.1) is 0 Å². The summed E-state index contributed by atoms with van der Waals surface area (Å²) in [7, 11) is -0.963. The van der Waals surface area contributed by atoms with Crippen LogP contribution in [0.2, 0.25) is 0 Å². The van der Waals surface area contributed by atoms with Gasteiger partial charge in [0.05, 0.1) is 24.9 Å². The Balaban J connectivity index is 2.48. The molecule has 0 aliphatic rings. The van der Waals surface area contributed by atoms with Gasteiger partial charge in [0.25, 0.3) is 0 Å². The minimum absolute atomic E-state index is 0.186. The predicted molar refractivity (Wildman–Crippen MR) is 89.4 cm³/mol. The van der Waals surface area contributed by atoms with Gasteiger partial charge in [-0.2, -0.15) is 0 Å². The SMILES string of the molecule is COC(=O)c1cccc(CS(=O)(=O)c2ccccc2Br)c1OC. The lowest BCUT2D eigenvalue weighted by Gasteiger charge is -2.13. The van der Waals surface area contributed by atoms with Gasteiger partial charge in [-0.1, -0.05) is 24.3 Å². The zero-order valence-corrected chi connectivity index (χ0v) is 15.0. The van der Waals surface area contributed by atoms with Gasteiger partial charge in [-0.05, 0) is 34.1 Å². The fraction of sp³-hybridized carbons (Fsp3) is 0.188. The molecule has 0 saturated heterocycles. The highest BCUT2D eigenvalue weighted by Crippen LogP contribution is 2.30. The van der Waals surface area contributed by atoms with E-state index < -0.39 is 15.8 Å². The lowest BCUT2D eigenvalue weighted by Crippen LogP contribution is -2.10. The lowest BCUT2D eigenvalue weighted by atomic mass is 10.1. The van der Waals surface area contributed by atoms with Crippen molar-refractivity contribution < 1.29 is 22.7 Å². The van der Waals surface area contributed by atoms with Crippen LogP contribution in [-0.4, -0.2) is 28.6 Å². The molecule has 0 bridgehead atoms. The molecule has 5 nitrogen and oxygen atoms in total. The molecule has 2 rings (SSSR count). The van der Waals surface area contributed by atoms with Crippen LogP contribution in [0.3, 0.4) is 0 Å². The summed E-state index contributed by atoms with van der Waals surface area (Å²) in [5.41, 5.74) is 0.584. The highest BCUT2D eigenvalue weighted by Gasteiger charge is 2.23. The first-order chi connectivity index (χ1) is 10.9. The Hall–Kier alpha value is -1.86. The molecule has 0 aliphatic heterocycles. The van der Waals surface area contributed by atoms with Crippen LogP contribution in [-0.2, 0) is 20.3 Å². The average molecular weight is 399 g/mol. The third kappa shape index (κ3) is 3.73. The Kier molecular flexibility index (Phi) is 5.43. The fourth-order valence-electron chi connectivity index (χ4n) is 2.19. The largest absolute Gasteiger partial charge is 0.496 e. The van der Waals surface area contributed by atoms with Crippen molar-refractivity contribution in [2.24, 2.45) is 0 Å². The number of para-hydroxylation sites is 1. The van der Waals surface area contributed by atoms with Gasteiger partial charge in [-0.3, -0.25) is 0 Å². The number of esters is 1. The van der Waals surface area contributed by atoms with Crippen molar-refractivity contribution in [2.75, 3.05) is 14.2 Å². The van der Waals surface area contributed by atoms with E-state index in [0.29, 0.717) is 10.0 Å². The summed E-state index contributed by atoms with van der Waals surface area (Å²) in [6.45, 7) is 0. The van der Waals surface area contributed by atoms with E-state index in [1.807, 2.05) is 0 Å². The molecule has 0 radical (unpaired) electrons. The number of ether oxygens (including phenoxy) is 2. The first kappa shape index (κ1) is 17.5. The van der Waals surface area contributed by atoms with Gasteiger partial charge in [0, 0.05) is 10.0 Å². The van der Waals surface area contributed by atoms with Crippen LogP contribution >= 0.6 is 15.9 Å². The molecule has 0 aromatic heterocycles. The quantitative estimate of drug-likeness (QED) is 0.723. The van der Waals surface area contributed by atoms with Gasteiger partial charge >= 0.3 is 5.97 Å². The molecule has 7 heteroatoms. The van der Waals surface area contributed by atoms with E-state index in [-0.39, 0.29) is 22.0 Å². The van der Waals surface area contributed by atoms with Crippen LogP contribution in [0.5, 0.6) is 5.75 Å². The maximum atomic E-state index is 12.6. The van der Waals surface area contributed by atoms with E-state index in [2.05, 4.69) is 15.9 Å². The minimum atomic E-state index is -3.60. The third-order valence-electron chi connectivity index (χ3n) is 3.22. The second-order valence-electron chi connectivity index (χ2n) is 4.68. The molecule has 122 valence electrons. The molecule has 2 aromatic rings. The number of carbonyl (C=O) groups excluding carboxylic acids is 1. The minimum Gasteiger partial charge on any atom is -0.496 e. The molecule has 2 aromatic carbocycles. The van der Waals surface area contributed by atoms with Crippen molar-refractivity contribution >= 4 is 31.7 Å². The maximum Gasteiger partial charge on any atom is 0.341 e. The standard InChI is InChI=1S/C16H15BrO5S/c1-21-15-11(6-5-7-12(15)16(18)22-2)10-23(19,20)14-9-4-3-8-13(14)17/h3-9H,10H2,1-2H3. The van der Waals surface area contributed by atoms with Crippen molar-refractivity contribution in [1.82, 2.24) is 0 Å². The first-order valence-corrected chi connectivity index (χ1v) is 9.06. The molecular formula is C16H15BrO5S. The van der Waals surface area contributed by atoms with Gasteiger partial charge < -0.3 is 9.47 Å². The summed E-state index contributed by atoms with van der Waals surface area (Å²) in [5, 5.41) is 0. The summed E-state index contributed by atoms with van der Waals surface area (Å²) >= 11 is 3.25. The van der Waals surface area contributed by atoms with E-state index >= 15 is 0 Å². The van der Waals surface area contributed by atoms with E-state index in [1.54, 1.807) is 30.3 Å². The summed E-state index contributed by atoms with van der Waals surface area (Å²) in [6, 6.07) is 11.3. The number of sulfone groups is 1. The molecule has 0 amide bonds. The Labute approximate surface area is 143 Å². The highest BCUT2D eigenvalue weighted by atomic mass is 79.9. The molecular weight excluding hydrogens is 384 g/mol. The van der Waals surface area contributed by atoms with Crippen molar-refractivity contribution in [3.05, 3.63) is 58.1 Å². The molecule has 0 spiro atoms. The first-order valence-electron chi connectivity index (χ1n) is 6.62. The number of hydrogen-bond donors (Lipinski definition) is 0. The zero-order valence-electron chi connectivity index (χ0n) is 12.6. The van der Waals surface area contributed by atoms with Crippen molar-refractivity contribution in [3.8, 4) is 5.75 Å². The maximum absolute atomic E-state index is 12.6.